The van der Waals surface area contributed by atoms with Crippen LogP contribution in [0.15, 0.2) is 45.6 Å². The molecule has 1 aromatic heterocycles. The van der Waals surface area contributed by atoms with Crippen LogP contribution in [0.4, 0.5) is 0 Å². The standard InChI is InChI=1S/C27H28O15/c1-27(38,8-17(31)32)9-18(33)39-10-16-20(34)22(36)23(37)26(41-16)42-25-21(35)19-14(30)6-13(29)7-15(19)40-24(25)11-2-4-12(28)5-3-11/h2-7,16,20,22-23,26,28-30,34,36-38H,8-10H2,1H3,(H,31,32)/t16-,20+,22+,23-,26+,27+/m1/s1. The van der Waals surface area contributed by atoms with Gasteiger partial charge in [-0.3, -0.25) is 14.4 Å². The van der Waals surface area contributed by atoms with Crippen LogP contribution < -0.4 is 10.2 Å². The minimum Gasteiger partial charge on any atom is -0.508 e. The first-order valence-corrected chi connectivity index (χ1v) is 12.4. The fraction of sp³-hybridized carbons (Fsp3) is 0.370. The highest BCUT2D eigenvalue weighted by Crippen LogP contribution is 2.37. The van der Waals surface area contributed by atoms with Crippen LogP contribution in [-0.4, -0.2) is 95.7 Å². The van der Waals surface area contributed by atoms with E-state index in [2.05, 4.69) is 0 Å². The topological polar surface area (TPSA) is 254 Å². The highest BCUT2D eigenvalue weighted by Gasteiger charge is 2.46. The zero-order valence-corrected chi connectivity index (χ0v) is 21.9. The summed E-state index contributed by atoms with van der Waals surface area (Å²) in [6.45, 7) is 0.377. The third-order valence-corrected chi connectivity index (χ3v) is 6.42. The molecule has 8 N–H and O–H groups in total. The van der Waals surface area contributed by atoms with Crippen molar-refractivity contribution in [2.45, 2.75) is 56.1 Å². The summed E-state index contributed by atoms with van der Waals surface area (Å²) in [4.78, 5) is 36.5. The van der Waals surface area contributed by atoms with Gasteiger partial charge in [0.25, 0.3) is 0 Å². The smallest absolute Gasteiger partial charge is 0.308 e. The number of aliphatic hydroxyl groups excluding tert-OH is 3. The fourth-order valence-electron chi connectivity index (χ4n) is 4.37. The van der Waals surface area contributed by atoms with Gasteiger partial charge in [0.15, 0.2) is 5.76 Å². The lowest BCUT2D eigenvalue weighted by molar-refractivity contribution is -0.278. The van der Waals surface area contributed by atoms with Crippen LogP contribution in [0.25, 0.3) is 22.3 Å². The van der Waals surface area contributed by atoms with E-state index in [9.17, 15) is 50.1 Å². The Morgan fingerprint density at radius 1 is 0.952 bits per heavy atom. The van der Waals surface area contributed by atoms with Gasteiger partial charge in [-0.2, -0.15) is 0 Å². The molecule has 3 aromatic rings. The number of phenols is 3. The minimum atomic E-state index is -1.96. The van der Waals surface area contributed by atoms with Gasteiger partial charge in [0.2, 0.25) is 17.5 Å². The minimum absolute atomic E-state index is 0.121. The second kappa shape index (κ2) is 11.8. The molecule has 2 heterocycles. The first-order chi connectivity index (χ1) is 19.7. The van der Waals surface area contributed by atoms with E-state index in [4.69, 9.17) is 23.7 Å². The molecule has 1 aliphatic rings. The summed E-state index contributed by atoms with van der Waals surface area (Å²) in [6.07, 6.45) is -10.6. The normalized spacial score (nSPS) is 23.7. The summed E-state index contributed by atoms with van der Waals surface area (Å²) in [5.41, 5.74) is -2.98. The van der Waals surface area contributed by atoms with Gasteiger partial charge >= 0.3 is 11.9 Å². The lowest BCUT2D eigenvalue weighted by atomic mass is 9.98. The zero-order valence-electron chi connectivity index (χ0n) is 21.9. The number of aliphatic carboxylic acids is 1. The van der Waals surface area contributed by atoms with Crippen molar-refractivity contribution in [2.24, 2.45) is 0 Å². The van der Waals surface area contributed by atoms with E-state index in [1.807, 2.05) is 0 Å². The summed E-state index contributed by atoms with van der Waals surface area (Å²) in [6, 6.07) is 7.20. The van der Waals surface area contributed by atoms with E-state index in [1.165, 1.54) is 24.3 Å². The third-order valence-electron chi connectivity index (χ3n) is 6.42. The van der Waals surface area contributed by atoms with Crippen molar-refractivity contribution in [1.29, 1.82) is 0 Å². The lowest BCUT2D eigenvalue weighted by Gasteiger charge is -2.39. The van der Waals surface area contributed by atoms with Gasteiger partial charge in [0, 0.05) is 17.7 Å². The average molecular weight is 593 g/mol. The Kier molecular flexibility index (Phi) is 8.60. The Hall–Kier alpha value is -4.41. The second-order valence-electron chi connectivity index (χ2n) is 10.0. The predicted octanol–water partition coefficient (Wildman–Crippen LogP) is -0.0778. The number of carbonyl (C=O) groups is 2. The predicted molar refractivity (Wildman–Crippen MR) is 139 cm³/mol. The molecule has 1 aliphatic heterocycles. The molecule has 15 heteroatoms. The van der Waals surface area contributed by atoms with Crippen molar-refractivity contribution >= 4 is 22.9 Å². The molecule has 42 heavy (non-hydrogen) atoms. The maximum atomic E-state index is 13.5. The summed E-state index contributed by atoms with van der Waals surface area (Å²) in [5, 5.41) is 79.8. The van der Waals surface area contributed by atoms with Crippen molar-refractivity contribution in [3.8, 4) is 34.3 Å². The number of carboxylic acids is 1. The molecule has 1 fully saturated rings. The molecular weight excluding hydrogens is 564 g/mol. The molecule has 4 rings (SSSR count). The van der Waals surface area contributed by atoms with Gasteiger partial charge < -0.3 is 59.5 Å². The van der Waals surface area contributed by atoms with E-state index in [-0.39, 0.29) is 22.7 Å². The molecule has 0 unspecified atom stereocenters. The molecule has 0 spiro atoms. The third kappa shape index (κ3) is 6.56. The number of ether oxygens (including phenoxy) is 3. The number of hydrogen-bond acceptors (Lipinski definition) is 14. The SMILES string of the molecule is C[C@](O)(CC(=O)O)CC(=O)OC[C@H]1O[C@@H](Oc2c(-c3ccc(O)cc3)oc3cc(O)cc(O)c3c2=O)[C@H](O)[C@@H](O)[C@H]1O. The number of hydrogen-bond donors (Lipinski definition) is 8. The van der Waals surface area contributed by atoms with Crippen molar-refractivity contribution in [1.82, 2.24) is 0 Å². The monoisotopic (exact) mass is 592 g/mol. The molecule has 2 aromatic carbocycles. The van der Waals surface area contributed by atoms with E-state index < -0.39 is 95.8 Å². The Labute approximate surface area is 236 Å². The Morgan fingerprint density at radius 3 is 2.26 bits per heavy atom. The fourth-order valence-corrected chi connectivity index (χ4v) is 4.37. The van der Waals surface area contributed by atoms with E-state index >= 15 is 0 Å². The maximum absolute atomic E-state index is 13.5. The molecule has 0 radical (unpaired) electrons. The summed E-state index contributed by atoms with van der Waals surface area (Å²) < 4.78 is 21.9. The largest absolute Gasteiger partial charge is 0.508 e. The first-order valence-electron chi connectivity index (χ1n) is 12.4. The number of rotatable bonds is 9. The van der Waals surface area contributed by atoms with Crippen LogP contribution >= 0.6 is 0 Å². The van der Waals surface area contributed by atoms with E-state index in [0.29, 0.717) is 0 Å². The number of fused-ring (bicyclic) bond motifs is 1. The van der Waals surface area contributed by atoms with Crippen LogP contribution in [-0.2, 0) is 19.1 Å². The molecular formula is C27H28O15. The van der Waals surface area contributed by atoms with Crippen molar-refractivity contribution in [3.63, 3.8) is 0 Å². The van der Waals surface area contributed by atoms with Gasteiger partial charge in [0.1, 0.15) is 59.2 Å². The van der Waals surface area contributed by atoms with Gasteiger partial charge in [-0.25, -0.2) is 0 Å². The Bertz CT molecular complexity index is 1530. The molecule has 0 amide bonds. The summed E-state index contributed by atoms with van der Waals surface area (Å²) in [7, 11) is 0. The summed E-state index contributed by atoms with van der Waals surface area (Å²) >= 11 is 0. The number of benzene rings is 2. The molecule has 15 nitrogen and oxygen atoms in total. The molecule has 6 atom stereocenters. The number of carboxylic acid groups (broad SMARTS) is 1. The van der Waals surface area contributed by atoms with Crippen LogP contribution in [0.5, 0.6) is 23.0 Å². The van der Waals surface area contributed by atoms with Crippen LogP contribution in [0.1, 0.15) is 19.8 Å². The van der Waals surface area contributed by atoms with E-state index in [0.717, 1.165) is 19.1 Å². The molecule has 0 saturated carbocycles. The average Bonchev–Trinajstić information content (AvgIpc) is 2.88. The molecule has 1 saturated heterocycles. The van der Waals surface area contributed by atoms with Crippen LogP contribution in [0.3, 0.4) is 0 Å². The van der Waals surface area contributed by atoms with Gasteiger partial charge in [-0.1, -0.05) is 0 Å². The first kappa shape index (κ1) is 30.5. The molecule has 226 valence electrons. The van der Waals surface area contributed by atoms with Crippen molar-refractivity contribution in [2.75, 3.05) is 6.61 Å². The van der Waals surface area contributed by atoms with Gasteiger partial charge in [-0.05, 0) is 31.2 Å². The number of carbonyl (C=O) groups excluding carboxylic acids is 1. The van der Waals surface area contributed by atoms with E-state index in [1.54, 1.807) is 0 Å². The second-order valence-corrected chi connectivity index (χ2v) is 10.0. The van der Waals surface area contributed by atoms with Crippen LogP contribution in [0, 0.1) is 0 Å². The number of esters is 1. The number of phenolic OH excluding ortho intramolecular Hbond substituents is 3. The quantitative estimate of drug-likeness (QED) is 0.151. The van der Waals surface area contributed by atoms with Crippen molar-refractivity contribution < 1.29 is 69.1 Å². The van der Waals surface area contributed by atoms with Crippen LogP contribution in [0.2, 0.25) is 0 Å². The summed E-state index contributed by atoms with van der Waals surface area (Å²) in [5.74, 6) is -4.52. The van der Waals surface area contributed by atoms with Gasteiger partial charge in [0.05, 0.1) is 18.4 Å². The Balaban J connectivity index is 1.64. The van der Waals surface area contributed by atoms with Gasteiger partial charge in [-0.15, -0.1) is 0 Å². The van der Waals surface area contributed by atoms with Crippen molar-refractivity contribution in [3.05, 3.63) is 46.6 Å². The molecule has 0 aliphatic carbocycles. The molecule has 0 bridgehead atoms. The highest BCUT2D eigenvalue weighted by atomic mass is 16.7. The maximum Gasteiger partial charge on any atom is 0.308 e. The number of aliphatic hydroxyl groups is 4. The number of aromatic hydroxyl groups is 3. The zero-order chi connectivity index (χ0) is 30.9. The Morgan fingerprint density at radius 2 is 1.62 bits per heavy atom. The lowest BCUT2D eigenvalue weighted by Crippen LogP contribution is -2.60. The highest BCUT2D eigenvalue weighted by molar-refractivity contribution is 5.88.